The van der Waals surface area contributed by atoms with Crippen molar-refractivity contribution in [1.82, 2.24) is 29.9 Å². The third-order valence-corrected chi connectivity index (χ3v) is 12.9. The van der Waals surface area contributed by atoms with Gasteiger partial charge in [0, 0.05) is 158 Å². The summed E-state index contributed by atoms with van der Waals surface area (Å²) >= 11 is 0. The van der Waals surface area contributed by atoms with E-state index in [0.29, 0.717) is 0 Å². The predicted octanol–water partition coefficient (Wildman–Crippen LogP) is 19.2. The largest absolute Gasteiger partial charge is 0.305 e. The van der Waals surface area contributed by atoms with E-state index in [2.05, 4.69) is 169 Å². The van der Waals surface area contributed by atoms with Gasteiger partial charge >= 0.3 is 0 Å². The van der Waals surface area contributed by atoms with E-state index in [9.17, 15) is 0 Å². The summed E-state index contributed by atoms with van der Waals surface area (Å²) in [6.45, 7) is 12.8. The summed E-state index contributed by atoms with van der Waals surface area (Å²) in [5.41, 5.74) is 19.7. The summed E-state index contributed by atoms with van der Waals surface area (Å²) in [6, 6.07) is 103. The van der Waals surface area contributed by atoms with Crippen LogP contribution in [0.4, 0.5) is 0 Å². The van der Waals surface area contributed by atoms with Crippen molar-refractivity contribution >= 4 is 0 Å². The first-order valence-electron chi connectivity index (χ1n) is 28.1. The van der Waals surface area contributed by atoms with Gasteiger partial charge in [-0.15, -0.1) is 214 Å². The number of benzene rings is 7. The van der Waals surface area contributed by atoms with E-state index in [-0.39, 0.29) is 126 Å². The van der Waals surface area contributed by atoms with Gasteiger partial charge in [-0.1, -0.05) is 130 Å². The first kappa shape index (κ1) is 80.4. The zero-order chi connectivity index (χ0) is 59.3. The number of nitrogens with zero attached hydrogens (tertiary/aromatic N) is 6. The van der Waals surface area contributed by atoms with Gasteiger partial charge in [0.05, 0.1) is 0 Å². The van der Waals surface area contributed by atoms with Crippen molar-refractivity contribution in [3.05, 3.63) is 351 Å². The third kappa shape index (κ3) is 27.2. The summed E-state index contributed by atoms with van der Waals surface area (Å²) in [6.07, 6.45) is 10.8. The average molecular weight is 2250 g/mol. The Kier molecular flexibility index (Phi) is 38.9. The van der Waals surface area contributed by atoms with Crippen molar-refractivity contribution in [2.24, 2.45) is 0 Å². The topological polar surface area (TPSA) is 77.3 Å². The Morgan fingerprint density at radius 2 is 0.703 bits per heavy atom. The standard InChI is InChI=1S/C17H12N.C15H16N.3C12H10N.C11H8N.6Ir/c1-2-7-14(8-3-1)15-9-6-10-16(13-15)17-11-4-5-12-18-17;1-15(2,3)13-9-7-12(8-10-13)14-6-4-5-11-16-14;1-10-5-7-11(8-6-10)12-4-2-3-9-13-12;1-10-6-5-9-13-12(10)11-7-3-2-4-8-11;1-10-7-8-13-12(9-10)11-5-3-2-4-6-11;1-2-6-10(7-3-1)11-8-4-5-9-12-11;;;;;;/h1-9,11-13H;4-7,9-11H,1-3H3;2*2-7,9H,1H3;2-5,7-9H,1H3;1-6,8-9H;;;;;;/q6*-1;;;;;;. The number of hydrogen-bond donors (Lipinski definition) is 0. The quantitative estimate of drug-likeness (QED) is 0.148. The Morgan fingerprint density at radius 3 is 1.13 bits per heavy atom. The van der Waals surface area contributed by atoms with Crippen molar-refractivity contribution in [2.45, 2.75) is 47.0 Å². The zero-order valence-electron chi connectivity index (χ0n) is 50.9. The molecule has 0 spiro atoms. The summed E-state index contributed by atoms with van der Waals surface area (Å²) in [7, 11) is 0. The van der Waals surface area contributed by atoms with Crippen LogP contribution < -0.4 is 0 Å². The number of rotatable bonds is 7. The van der Waals surface area contributed by atoms with Crippen LogP contribution in [0, 0.1) is 57.2 Å². The monoisotopic (exact) mass is 2260 g/mol. The molecule has 6 aromatic heterocycles. The summed E-state index contributed by atoms with van der Waals surface area (Å²) in [5, 5.41) is 0. The average Bonchev–Trinajstić information content (AvgIpc) is 3.70. The maximum atomic E-state index is 4.35. The van der Waals surface area contributed by atoms with Gasteiger partial charge in [0.2, 0.25) is 0 Å². The normalized spacial score (nSPS) is 9.56. The molecule has 6 radical (unpaired) electrons. The Balaban J connectivity index is 0.000000369. The van der Waals surface area contributed by atoms with Crippen LogP contribution in [0.2, 0.25) is 0 Å². The number of pyridine rings is 6. The van der Waals surface area contributed by atoms with E-state index in [1.165, 1.54) is 33.4 Å². The Morgan fingerprint density at radius 1 is 0.275 bits per heavy atom. The van der Waals surface area contributed by atoms with Crippen molar-refractivity contribution in [1.29, 1.82) is 0 Å². The maximum Gasteiger partial charge on any atom is 0.0163 e. The second kappa shape index (κ2) is 44.0. The van der Waals surface area contributed by atoms with Crippen LogP contribution in [0.1, 0.15) is 43.0 Å². The molecule has 0 fully saturated rings. The minimum atomic E-state index is 0. The van der Waals surface area contributed by atoms with Crippen LogP contribution >= 0.6 is 0 Å². The predicted molar refractivity (Wildman–Crippen MR) is 349 cm³/mol. The van der Waals surface area contributed by atoms with E-state index in [0.717, 1.165) is 67.5 Å². The van der Waals surface area contributed by atoms with Crippen LogP contribution in [-0.2, 0) is 126 Å². The van der Waals surface area contributed by atoms with Crippen molar-refractivity contribution in [3.8, 4) is 78.7 Å². The van der Waals surface area contributed by atoms with Gasteiger partial charge in [-0.05, 0) is 95.4 Å². The summed E-state index contributed by atoms with van der Waals surface area (Å²) in [5.74, 6) is 0. The van der Waals surface area contributed by atoms with Gasteiger partial charge in [0.15, 0.2) is 0 Å². The molecule has 7 aromatic carbocycles. The molecule has 0 bridgehead atoms. The van der Waals surface area contributed by atoms with Crippen LogP contribution in [0.5, 0.6) is 0 Å². The van der Waals surface area contributed by atoms with Gasteiger partial charge in [0.25, 0.3) is 0 Å². The van der Waals surface area contributed by atoms with Gasteiger partial charge in [-0.2, -0.15) is 0 Å². The second-order valence-electron chi connectivity index (χ2n) is 20.5. The van der Waals surface area contributed by atoms with Crippen LogP contribution in [0.3, 0.4) is 0 Å². The zero-order valence-corrected chi connectivity index (χ0v) is 65.3. The number of aryl methyl sites for hydroxylation is 3. The number of hydrogen-bond acceptors (Lipinski definition) is 6. The van der Waals surface area contributed by atoms with Crippen LogP contribution in [0.25, 0.3) is 78.7 Å². The fourth-order valence-corrected chi connectivity index (χ4v) is 8.32. The minimum Gasteiger partial charge on any atom is -0.305 e. The number of aromatic nitrogens is 6. The molecule has 6 nitrogen and oxygen atoms in total. The molecule has 0 aliphatic heterocycles. The Hall–Kier alpha value is -6.66. The molecule has 12 heteroatoms. The Labute approximate surface area is 620 Å². The molecular weight excluding hydrogens is 2190 g/mol. The third-order valence-electron chi connectivity index (χ3n) is 12.9. The molecule has 0 atom stereocenters. The van der Waals surface area contributed by atoms with Crippen LogP contribution in [0.15, 0.2) is 292 Å². The molecule has 472 valence electrons. The molecule has 0 saturated carbocycles. The molecule has 0 N–H and O–H groups in total. The minimum absolute atomic E-state index is 0. The molecule has 0 aliphatic carbocycles. The van der Waals surface area contributed by atoms with Gasteiger partial charge in [0.1, 0.15) is 0 Å². The molecular formula is C79H66Ir6N6-6. The maximum absolute atomic E-state index is 4.35. The Bertz CT molecular complexity index is 3880. The van der Waals surface area contributed by atoms with E-state index >= 15 is 0 Å². The summed E-state index contributed by atoms with van der Waals surface area (Å²) in [4.78, 5) is 25.7. The molecule has 0 saturated heterocycles. The van der Waals surface area contributed by atoms with E-state index < -0.39 is 0 Å². The summed E-state index contributed by atoms with van der Waals surface area (Å²) < 4.78 is 0. The van der Waals surface area contributed by atoms with Gasteiger partial charge < -0.3 is 29.9 Å². The van der Waals surface area contributed by atoms with Crippen molar-refractivity contribution in [2.75, 3.05) is 0 Å². The fraction of sp³-hybridized carbons (Fsp3) is 0.0886. The molecule has 0 amide bonds. The molecule has 6 heterocycles. The van der Waals surface area contributed by atoms with E-state index in [4.69, 9.17) is 0 Å². The SMILES string of the molecule is CC(C)(C)c1c[c-]c(-c2ccccn2)cc1.Cc1c[c-]c(-c2ccccn2)cc1.Cc1cccnc1-c1[c-]cccc1.Cc1ccnc(-c2[c-]cccc2)c1.[Ir].[Ir].[Ir].[Ir].[Ir].[Ir].[c-]1ccc(-c2ccccc2)cc1-c1ccccn1.[c-]1ccccc1-c1ccccn1. The van der Waals surface area contributed by atoms with Gasteiger partial charge in [-0.3, -0.25) is 0 Å². The van der Waals surface area contributed by atoms with Crippen molar-refractivity contribution in [3.63, 3.8) is 0 Å². The molecule has 0 aliphatic rings. The first-order chi connectivity index (χ1) is 41.6. The van der Waals surface area contributed by atoms with E-state index in [1.54, 1.807) is 24.8 Å². The van der Waals surface area contributed by atoms with Crippen molar-refractivity contribution < 1.29 is 121 Å². The molecule has 13 rings (SSSR count). The smallest absolute Gasteiger partial charge is 0.0163 e. The van der Waals surface area contributed by atoms with E-state index in [1.807, 2.05) is 207 Å². The van der Waals surface area contributed by atoms with Gasteiger partial charge in [-0.25, -0.2) is 0 Å². The fourth-order valence-electron chi connectivity index (χ4n) is 8.32. The molecule has 91 heavy (non-hydrogen) atoms. The molecule has 13 aromatic rings. The van der Waals surface area contributed by atoms with Crippen LogP contribution in [-0.4, -0.2) is 29.9 Å². The second-order valence-corrected chi connectivity index (χ2v) is 20.5. The molecule has 0 unspecified atom stereocenters. The first-order valence-corrected chi connectivity index (χ1v) is 28.1.